The molecule has 0 bridgehead atoms. The van der Waals surface area contributed by atoms with Crippen LogP contribution < -0.4 is 5.73 Å². The van der Waals surface area contributed by atoms with Gasteiger partial charge >= 0.3 is 6.09 Å². The molecular formula is C27H40N4O5Si. The fourth-order valence-corrected chi connectivity index (χ4v) is 5.80. The topological polar surface area (TPSA) is 115 Å². The highest BCUT2D eigenvalue weighted by atomic mass is 28.4. The van der Waals surface area contributed by atoms with Crippen LogP contribution in [0.5, 0.6) is 0 Å². The van der Waals surface area contributed by atoms with E-state index in [2.05, 4.69) is 55.7 Å². The van der Waals surface area contributed by atoms with Gasteiger partial charge in [-0.2, -0.15) is 0 Å². The van der Waals surface area contributed by atoms with Crippen molar-refractivity contribution in [3.8, 4) is 11.1 Å². The first kappa shape index (κ1) is 27.3. The minimum Gasteiger partial charge on any atom is -0.438 e. The molecule has 0 saturated heterocycles. The van der Waals surface area contributed by atoms with Crippen molar-refractivity contribution in [2.75, 3.05) is 13.7 Å². The monoisotopic (exact) mass is 528 g/mol. The van der Waals surface area contributed by atoms with E-state index in [4.69, 9.17) is 29.1 Å². The zero-order chi connectivity index (χ0) is 27.1. The van der Waals surface area contributed by atoms with Crippen LogP contribution in [0.15, 0.2) is 22.7 Å². The number of benzene rings is 1. The van der Waals surface area contributed by atoms with Crippen LogP contribution in [-0.2, 0) is 13.9 Å². The van der Waals surface area contributed by atoms with E-state index in [-0.39, 0.29) is 17.2 Å². The second-order valence-corrected chi connectivity index (χ2v) is 16.4. The Morgan fingerprint density at radius 3 is 2.54 bits per heavy atom. The second-order valence-electron chi connectivity index (χ2n) is 11.5. The lowest BCUT2D eigenvalue weighted by Crippen LogP contribution is -2.41. The van der Waals surface area contributed by atoms with E-state index < -0.39 is 20.5 Å². The van der Waals surface area contributed by atoms with E-state index in [1.807, 2.05) is 19.9 Å². The molecule has 1 unspecified atom stereocenters. The highest BCUT2D eigenvalue weighted by molar-refractivity contribution is 6.74. The standard InChI is InChI=1S/C27H40N4O5Si/c1-16-24(17(2)36-30-16)18-9-10-22-21(13-18)29-25(31(22)19-14-20(15-19)33-6)23(35-26(28)32)11-12-34-37(7,8)27(3,4)5/h9-10,13,19-20,23H,11-12,14-15H2,1-8H3,(H2,28,32)/t19-,20-,23?. The Morgan fingerprint density at radius 1 is 1.27 bits per heavy atom. The molecule has 202 valence electrons. The van der Waals surface area contributed by atoms with Gasteiger partial charge in [-0.25, -0.2) is 9.78 Å². The maximum Gasteiger partial charge on any atom is 0.405 e. The summed E-state index contributed by atoms with van der Waals surface area (Å²) in [7, 11) is -0.232. The molecule has 1 aromatic carbocycles. The zero-order valence-corrected chi connectivity index (χ0v) is 24.3. The molecule has 3 aromatic rings. The van der Waals surface area contributed by atoms with Gasteiger partial charge in [0.25, 0.3) is 0 Å². The third-order valence-corrected chi connectivity index (χ3v) is 12.5. The van der Waals surface area contributed by atoms with Crippen molar-refractivity contribution in [3.05, 3.63) is 35.5 Å². The Hall–Kier alpha value is -2.69. The number of nitrogens with two attached hydrogens (primary N) is 1. The lowest BCUT2D eigenvalue weighted by molar-refractivity contribution is 0.00315. The summed E-state index contributed by atoms with van der Waals surface area (Å²) in [5.41, 5.74) is 10.1. The van der Waals surface area contributed by atoms with Gasteiger partial charge in [0.05, 0.1) is 22.8 Å². The van der Waals surface area contributed by atoms with Crippen LogP contribution in [-0.4, -0.2) is 48.9 Å². The average molecular weight is 529 g/mol. The molecule has 1 atom stereocenters. The Morgan fingerprint density at radius 2 is 1.97 bits per heavy atom. The van der Waals surface area contributed by atoms with Crippen molar-refractivity contribution >= 4 is 25.4 Å². The summed E-state index contributed by atoms with van der Waals surface area (Å²) in [5.74, 6) is 1.44. The lowest BCUT2D eigenvalue weighted by Gasteiger charge is -2.37. The second kappa shape index (κ2) is 10.2. The SMILES string of the molecule is CO[C@H]1C[C@H](n2c(C(CCO[Si](C)(C)C(C)(C)C)OC(N)=O)nc3cc(-c4c(C)noc4C)ccc32)C1. The summed E-state index contributed by atoms with van der Waals surface area (Å²) < 4.78 is 25.2. The summed E-state index contributed by atoms with van der Waals surface area (Å²) in [6.45, 7) is 15.3. The van der Waals surface area contributed by atoms with Crippen molar-refractivity contribution in [2.24, 2.45) is 5.73 Å². The number of fused-ring (bicyclic) bond motifs is 1. The van der Waals surface area contributed by atoms with Gasteiger partial charge in [0.2, 0.25) is 0 Å². The molecule has 1 aliphatic carbocycles. The summed E-state index contributed by atoms with van der Waals surface area (Å²) in [5, 5.41) is 4.18. The van der Waals surface area contributed by atoms with Crippen molar-refractivity contribution in [3.63, 3.8) is 0 Å². The maximum atomic E-state index is 12.0. The van der Waals surface area contributed by atoms with Gasteiger partial charge in [-0.1, -0.05) is 32.0 Å². The number of primary amides is 1. The molecule has 1 amide bonds. The Bertz CT molecular complexity index is 1250. The van der Waals surface area contributed by atoms with Crippen molar-refractivity contribution in [1.29, 1.82) is 0 Å². The molecule has 1 saturated carbocycles. The number of carbonyl (C=O) groups is 1. The van der Waals surface area contributed by atoms with Crippen molar-refractivity contribution < 1.29 is 23.2 Å². The van der Waals surface area contributed by atoms with Gasteiger partial charge in [-0.05, 0) is 62.5 Å². The number of carbonyl (C=O) groups excluding carboxylic acids is 1. The molecule has 0 radical (unpaired) electrons. The first-order valence-electron chi connectivity index (χ1n) is 12.9. The Labute approximate surface area is 219 Å². The molecule has 2 heterocycles. The van der Waals surface area contributed by atoms with E-state index in [1.54, 1.807) is 7.11 Å². The average Bonchev–Trinajstić information content (AvgIpc) is 3.30. The Kier molecular flexibility index (Phi) is 7.56. The van der Waals surface area contributed by atoms with E-state index in [0.29, 0.717) is 18.9 Å². The predicted octanol–water partition coefficient (Wildman–Crippen LogP) is 6.21. The van der Waals surface area contributed by atoms with Gasteiger partial charge in [0.15, 0.2) is 20.2 Å². The number of amides is 1. The molecule has 37 heavy (non-hydrogen) atoms. The molecular weight excluding hydrogens is 488 g/mol. The lowest BCUT2D eigenvalue weighted by atomic mass is 9.88. The minimum absolute atomic E-state index is 0.0793. The zero-order valence-electron chi connectivity index (χ0n) is 23.3. The minimum atomic E-state index is -1.97. The van der Waals surface area contributed by atoms with Crippen molar-refractivity contribution in [2.45, 2.75) is 90.3 Å². The van der Waals surface area contributed by atoms with Gasteiger partial charge in [0, 0.05) is 31.7 Å². The van der Waals surface area contributed by atoms with Crippen LogP contribution in [0, 0.1) is 13.8 Å². The van der Waals surface area contributed by atoms with Crippen LogP contribution in [0.3, 0.4) is 0 Å². The fourth-order valence-electron chi connectivity index (χ4n) is 4.74. The van der Waals surface area contributed by atoms with Crippen LogP contribution in [0.1, 0.15) is 69.5 Å². The molecule has 1 aliphatic rings. The number of hydrogen-bond donors (Lipinski definition) is 1. The van der Waals surface area contributed by atoms with Crippen LogP contribution in [0.4, 0.5) is 4.79 Å². The third-order valence-electron chi connectivity index (χ3n) is 8.00. The molecule has 4 rings (SSSR count). The van der Waals surface area contributed by atoms with E-state index in [1.165, 1.54) is 0 Å². The molecule has 9 nitrogen and oxygen atoms in total. The number of imidazole rings is 1. The number of methoxy groups -OCH3 is 1. The summed E-state index contributed by atoms with van der Waals surface area (Å²) >= 11 is 0. The maximum absolute atomic E-state index is 12.0. The van der Waals surface area contributed by atoms with Crippen LogP contribution in [0.2, 0.25) is 18.1 Å². The first-order valence-corrected chi connectivity index (χ1v) is 15.8. The Balaban J connectivity index is 1.73. The third kappa shape index (κ3) is 5.46. The smallest absolute Gasteiger partial charge is 0.405 e. The van der Waals surface area contributed by atoms with Crippen molar-refractivity contribution in [1.82, 2.24) is 14.7 Å². The van der Waals surface area contributed by atoms with E-state index in [9.17, 15) is 4.79 Å². The van der Waals surface area contributed by atoms with Gasteiger partial charge in [0.1, 0.15) is 5.76 Å². The molecule has 1 fully saturated rings. The molecule has 2 aromatic heterocycles. The highest BCUT2D eigenvalue weighted by Crippen LogP contribution is 2.41. The molecule has 0 aliphatic heterocycles. The number of nitrogens with zero attached hydrogens (tertiary/aromatic N) is 3. The molecule has 2 N–H and O–H groups in total. The van der Waals surface area contributed by atoms with Crippen LogP contribution in [0.25, 0.3) is 22.2 Å². The van der Waals surface area contributed by atoms with E-state index >= 15 is 0 Å². The van der Waals surface area contributed by atoms with Gasteiger partial charge in [-0.3, -0.25) is 0 Å². The first-order chi connectivity index (χ1) is 17.3. The number of aromatic nitrogens is 3. The molecule has 10 heteroatoms. The largest absolute Gasteiger partial charge is 0.438 e. The van der Waals surface area contributed by atoms with E-state index in [0.717, 1.165) is 46.5 Å². The van der Waals surface area contributed by atoms with Crippen LogP contribution >= 0.6 is 0 Å². The summed E-state index contributed by atoms with van der Waals surface area (Å²) in [4.78, 5) is 17.0. The van der Waals surface area contributed by atoms with Gasteiger partial charge < -0.3 is 28.7 Å². The number of ether oxygens (including phenoxy) is 2. The fraction of sp³-hybridized carbons (Fsp3) is 0.593. The normalized spacial score (nSPS) is 19.1. The number of hydrogen-bond acceptors (Lipinski definition) is 7. The quantitative estimate of drug-likeness (QED) is 0.328. The highest BCUT2D eigenvalue weighted by Gasteiger charge is 2.38. The predicted molar refractivity (Wildman–Crippen MR) is 145 cm³/mol. The number of rotatable bonds is 9. The number of aryl methyl sites for hydroxylation is 2. The molecule has 0 spiro atoms. The summed E-state index contributed by atoms with van der Waals surface area (Å²) in [6, 6.07) is 6.37. The summed E-state index contributed by atoms with van der Waals surface area (Å²) in [6.07, 6.45) is 0.953. The van der Waals surface area contributed by atoms with Gasteiger partial charge in [-0.15, -0.1) is 0 Å².